The van der Waals surface area contributed by atoms with Crippen molar-refractivity contribution in [1.29, 1.82) is 0 Å². The predicted octanol–water partition coefficient (Wildman–Crippen LogP) is 5.68. The van der Waals surface area contributed by atoms with E-state index in [9.17, 15) is 20.1 Å². The van der Waals surface area contributed by atoms with Crippen LogP contribution in [0.1, 0.15) is 107 Å². The first-order valence-corrected chi connectivity index (χ1v) is 13.8. The van der Waals surface area contributed by atoms with E-state index in [4.69, 9.17) is 0 Å². The first-order chi connectivity index (χ1) is 15.5. The number of aliphatic hydroxyl groups is 3. The second-order valence-corrected chi connectivity index (χ2v) is 14.5. The molecule has 4 nitrogen and oxygen atoms in total. The Labute approximate surface area is 207 Å². The molecular weight excluding hydrogens is 424 g/mol. The third-order valence-corrected chi connectivity index (χ3v) is 12.0. The number of allylic oxidation sites excluding steroid dienone is 2. The minimum absolute atomic E-state index is 0.0147. The summed E-state index contributed by atoms with van der Waals surface area (Å²) in [5.41, 5.74) is -0.559. The van der Waals surface area contributed by atoms with Crippen LogP contribution >= 0.6 is 0 Å². The molecule has 4 aliphatic carbocycles. The van der Waals surface area contributed by atoms with E-state index < -0.39 is 17.8 Å². The molecule has 34 heavy (non-hydrogen) atoms. The van der Waals surface area contributed by atoms with Gasteiger partial charge in [0.05, 0.1) is 17.8 Å². The van der Waals surface area contributed by atoms with Crippen LogP contribution in [0.5, 0.6) is 0 Å². The van der Waals surface area contributed by atoms with E-state index in [1.807, 2.05) is 6.92 Å². The zero-order chi connectivity index (χ0) is 25.5. The van der Waals surface area contributed by atoms with Crippen LogP contribution in [-0.2, 0) is 4.79 Å². The third kappa shape index (κ3) is 3.52. The Hall–Kier alpha value is -0.710. The average molecular weight is 475 g/mol. The summed E-state index contributed by atoms with van der Waals surface area (Å²) >= 11 is 0. The zero-order valence-electron chi connectivity index (χ0n) is 22.9. The molecule has 0 heterocycles. The molecule has 0 amide bonds. The normalized spacial score (nSPS) is 49.4. The number of carbonyl (C=O) groups is 1. The van der Waals surface area contributed by atoms with Gasteiger partial charge >= 0.3 is 0 Å². The van der Waals surface area contributed by atoms with Crippen molar-refractivity contribution < 1.29 is 20.1 Å². The fraction of sp³-hybridized carbons (Fsp3) is 0.900. The lowest BCUT2D eigenvalue weighted by molar-refractivity contribution is -0.253. The molecule has 4 rings (SSSR count). The molecule has 0 bridgehead atoms. The monoisotopic (exact) mass is 474 g/mol. The van der Waals surface area contributed by atoms with Crippen molar-refractivity contribution in [2.45, 2.75) is 125 Å². The molecule has 0 saturated heterocycles. The Balaban J connectivity index is 1.71. The third-order valence-electron chi connectivity index (χ3n) is 12.0. The molecular formula is C30H50O4. The predicted molar refractivity (Wildman–Crippen MR) is 136 cm³/mol. The standard InChI is InChI=1S/C30H50O4/c1-18(2)10-9-13-30(8,34)19-11-15-28(6)24(19)20(31)16-22-27(5)14-12-23(33)26(3,4)25(27)21(32)17-29(22,28)7/h10,19,21-25,32-34H,9,11-17H2,1-8H3/t19-,21-,22+,23-,24+,25?,27+,28-,29+,30-/m0/s1. The van der Waals surface area contributed by atoms with Gasteiger partial charge in [-0.05, 0) is 105 Å². The lowest BCUT2D eigenvalue weighted by Gasteiger charge is -2.70. The Morgan fingerprint density at radius 3 is 2.32 bits per heavy atom. The number of hydrogen-bond acceptors (Lipinski definition) is 4. The van der Waals surface area contributed by atoms with Gasteiger partial charge in [0.2, 0.25) is 0 Å². The average Bonchev–Trinajstić information content (AvgIpc) is 3.07. The molecule has 1 unspecified atom stereocenters. The van der Waals surface area contributed by atoms with Gasteiger partial charge in [0, 0.05) is 12.3 Å². The van der Waals surface area contributed by atoms with E-state index in [1.165, 1.54) is 5.57 Å². The van der Waals surface area contributed by atoms with Crippen LogP contribution in [0.15, 0.2) is 11.6 Å². The summed E-state index contributed by atoms with van der Waals surface area (Å²) in [6, 6.07) is 0. The highest BCUT2D eigenvalue weighted by atomic mass is 16.3. The second-order valence-electron chi connectivity index (χ2n) is 14.5. The number of Topliss-reactive ketones (excluding diaryl/α,β-unsaturated/α-hetero) is 1. The summed E-state index contributed by atoms with van der Waals surface area (Å²) in [6.07, 6.45) is 7.41. The topological polar surface area (TPSA) is 77.8 Å². The summed E-state index contributed by atoms with van der Waals surface area (Å²) in [5.74, 6) is 0.336. The van der Waals surface area contributed by atoms with Crippen molar-refractivity contribution in [2.75, 3.05) is 0 Å². The Bertz CT molecular complexity index is 854. The maximum Gasteiger partial charge on any atom is 0.137 e. The maximum absolute atomic E-state index is 14.0. The Morgan fingerprint density at radius 2 is 1.71 bits per heavy atom. The SMILES string of the molecule is CC(C)=CCC[C@](C)(O)[C@H]1CC[C@@]2(C)[C@H]1C(=O)C[C@@H]1[C@@]3(C)CC[C@H](O)C(C)(C)C3[C@@H](O)C[C@]12C. The van der Waals surface area contributed by atoms with E-state index in [1.54, 1.807) is 0 Å². The van der Waals surface area contributed by atoms with Crippen LogP contribution in [0, 0.1) is 45.3 Å². The molecule has 0 aliphatic heterocycles. The van der Waals surface area contributed by atoms with Gasteiger partial charge in [-0.1, -0.05) is 46.3 Å². The first kappa shape index (κ1) is 26.4. The first-order valence-electron chi connectivity index (χ1n) is 13.8. The van der Waals surface area contributed by atoms with E-state index in [2.05, 4.69) is 54.5 Å². The quantitative estimate of drug-likeness (QED) is 0.458. The summed E-state index contributed by atoms with van der Waals surface area (Å²) in [5, 5.41) is 34.1. The molecule has 0 radical (unpaired) electrons. The minimum Gasteiger partial charge on any atom is -0.393 e. The number of fused-ring (bicyclic) bond motifs is 5. The van der Waals surface area contributed by atoms with Crippen molar-refractivity contribution in [1.82, 2.24) is 0 Å². The van der Waals surface area contributed by atoms with E-state index in [0.717, 1.165) is 32.1 Å². The van der Waals surface area contributed by atoms with Gasteiger partial charge in [0.25, 0.3) is 0 Å². The summed E-state index contributed by atoms with van der Waals surface area (Å²) < 4.78 is 0. The molecule has 4 heteroatoms. The number of rotatable bonds is 4. The Kier molecular flexibility index (Phi) is 6.32. The lowest BCUT2D eigenvalue weighted by atomic mass is 9.34. The van der Waals surface area contributed by atoms with Crippen LogP contribution < -0.4 is 0 Å². The number of aliphatic hydroxyl groups excluding tert-OH is 2. The van der Waals surface area contributed by atoms with Crippen molar-refractivity contribution in [2.24, 2.45) is 45.3 Å². The molecule has 0 aromatic rings. The van der Waals surface area contributed by atoms with Gasteiger partial charge in [-0.15, -0.1) is 0 Å². The van der Waals surface area contributed by atoms with Gasteiger partial charge in [0.1, 0.15) is 5.78 Å². The second kappa shape index (κ2) is 8.15. The van der Waals surface area contributed by atoms with Gasteiger partial charge in [-0.3, -0.25) is 4.79 Å². The molecule has 0 spiro atoms. The summed E-state index contributed by atoms with van der Waals surface area (Å²) in [7, 11) is 0. The molecule has 10 atom stereocenters. The minimum atomic E-state index is -0.871. The maximum atomic E-state index is 14.0. The van der Waals surface area contributed by atoms with Crippen molar-refractivity contribution in [3.8, 4) is 0 Å². The largest absolute Gasteiger partial charge is 0.393 e. The van der Waals surface area contributed by atoms with Gasteiger partial charge < -0.3 is 15.3 Å². The van der Waals surface area contributed by atoms with Crippen molar-refractivity contribution >= 4 is 5.78 Å². The van der Waals surface area contributed by atoms with Gasteiger partial charge in [-0.25, -0.2) is 0 Å². The smallest absolute Gasteiger partial charge is 0.137 e. The van der Waals surface area contributed by atoms with Crippen molar-refractivity contribution in [3.63, 3.8) is 0 Å². The van der Waals surface area contributed by atoms with Crippen LogP contribution in [0.25, 0.3) is 0 Å². The van der Waals surface area contributed by atoms with Crippen LogP contribution in [0.3, 0.4) is 0 Å². The van der Waals surface area contributed by atoms with Gasteiger partial charge in [-0.2, -0.15) is 0 Å². The van der Waals surface area contributed by atoms with Gasteiger partial charge in [0.15, 0.2) is 0 Å². The molecule has 0 aromatic carbocycles. The summed E-state index contributed by atoms with van der Waals surface area (Å²) in [6.45, 7) is 17.3. The van der Waals surface area contributed by atoms with E-state index in [-0.39, 0.29) is 45.3 Å². The highest BCUT2D eigenvalue weighted by Gasteiger charge is 2.73. The zero-order valence-corrected chi connectivity index (χ0v) is 22.9. The molecule has 194 valence electrons. The van der Waals surface area contributed by atoms with Crippen molar-refractivity contribution in [3.05, 3.63) is 11.6 Å². The number of carbonyl (C=O) groups excluding carboxylic acids is 1. The van der Waals surface area contributed by atoms with E-state index in [0.29, 0.717) is 25.0 Å². The highest BCUT2D eigenvalue weighted by Crippen LogP contribution is 2.75. The van der Waals surface area contributed by atoms with Crippen LogP contribution in [0.4, 0.5) is 0 Å². The number of hydrogen-bond donors (Lipinski definition) is 3. The number of ketones is 1. The fourth-order valence-electron chi connectivity index (χ4n) is 10.1. The van der Waals surface area contributed by atoms with Crippen LogP contribution in [-0.4, -0.2) is 38.9 Å². The fourth-order valence-corrected chi connectivity index (χ4v) is 10.1. The molecule has 4 fully saturated rings. The highest BCUT2D eigenvalue weighted by molar-refractivity contribution is 5.84. The summed E-state index contributed by atoms with van der Waals surface area (Å²) in [4.78, 5) is 14.0. The Morgan fingerprint density at radius 1 is 1.06 bits per heavy atom. The molecule has 0 aromatic heterocycles. The molecule has 4 aliphatic rings. The molecule has 3 N–H and O–H groups in total. The lowest BCUT2D eigenvalue weighted by Crippen LogP contribution is -2.69. The molecule has 4 saturated carbocycles. The van der Waals surface area contributed by atoms with Crippen LogP contribution in [0.2, 0.25) is 0 Å². The van der Waals surface area contributed by atoms with E-state index >= 15 is 0 Å².